The predicted molar refractivity (Wildman–Crippen MR) is 134 cm³/mol. The fourth-order valence-electron chi connectivity index (χ4n) is 3.84. The number of thioether (sulfide) groups is 1. The van der Waals surface area contributed by atoms with Gasteiger partial charge in [-0.25, -0.2) is 14.4 Å². The second-order valence-corrected chi connectivity index (χ2v) is 9.29. The van der Waals surface area contributed by atoms with E-state index in [0.29, 0.717) is 30.9 Å². The Morgan fingerprint density at radius 3 is 2.79 bits per heavy atom. The molecule has 5 nitrogen and oxygen atoms in total. The number of allylic oxidation sites excluding steroid dienone is 1. The van der Waals surface area contributed by atoms with E-state index in [-0.39, 0.29) is 12.4 Å². The van der Waals surface area contributed by atoms with E-state index in [0.717, 1.165) is 51.3 Å². The number of hydrogen-bond donors (Lipinski definition) is 1. The summed E-state index contributed by atoms with van der Waals surface area (Å²) >= 11 is 1.49. The molecule has 1 aromatic heterocycles. The van der Waals surface area contributed by atoms with E-state index in [4.69, 9.17) is 4.74 Å². The maximum absolute atomic E-state index is 15.1. The Balaban J connectivity index is 1.67. The van der Waals surface area contributed by atoms with Gasteiger partial charge in [-0.3, -0.25) is 0 Å². The zero-order chi connectivity index (χ0) is 23.4. The summed E-state index contributed by atoms with van der Waals surface area (Å²) < 4.78 is 20.6. The molecule has 0 radical (unpaired) electrons. The maximum Gasteiger partial charge on any atom is 0.132 e. The van der Waals surface area contributed by atoms with Gasteiger partial charge >= 0.3 is 0 Å². The lowest BCUT2D eigenvalue weighted by molar-refractivity contribution is 0.122. The molecule has 0 bridgehead atoms. The molecule has 4 rings (SSSR count). The van der Waals surface area contributed by atoms with Gasteiger partial charge in [-0.05, 0) is 71.2 Å². The van der Waals surface area contributed by atoms with Crippen LogP contribution in [0, 0.1) is 12.7 Å². The smallest absolute Gasteiger partial charge is 0.132 e. The van der Waals surface area contributed by atoms with Crippen LogP contribution in [0.25, 0.3) is 22.2 Å². The van der Waals surface area contributed by atoms with Crippen molar-refractivity contribution >= 4 is 28.4 Å². The van der Waals surface area contributed by atoms with Gasteiger partial charge in [0.2, 0.25) is 0 Å². The van der Waals surface area contributed by atoms with Crippen molar-refractivity contribution < 1.29 is 14.2 Å². The van der Waals surface area contributed by atoms with Crippen LogP contribution in [-0.2, 0) is 11.2 Å². The quantitative estimate of drug-likeness (QED) is 0.513. The number of aliphatic hydroxyl groups excluding tert-OH is 1. The third-order valence-corrected chi connectivity index (χ3v) is 6.74. The Labute approximate surface area is 198 Å². The number of nitrogens with zero attached hydrogens (tertiary/aromatic N) is 3. The zero-order valence-corrected chi connectivity index (χ0v) is 19.8. The summed E-state index contributed by atoms with van der Waals surface area (Å²) in [5.41, 5.74) is 5.66. The number of aryl methyl sites for hydroxylation is 1. The molecule has 0 aliphatic carbocycles. The molecule has 2 aromatic carbocycles. The molecule has 2 heterocycles. The maximum atomic E-state index is 15.1. The third-order valence-electron chi connectivity index (χ3n) is 5.74. The van der Waals surface area contributed by atoms with Gasteiger partial charge in [-0.2, -0.15) is 0 Å². The molecular formula is C26H28FN3O2S. The summed E-state index contributed by atoms with van der Waals surface area (Å²) in [4.78, 5) is 12.1. The van der Waals surface area contributed by atoms with Crippen LogP contribution < -0.4 is 4.90 Å². The van der Waals surface area contributed by atoms with Crippen molar-refractivity contribution in [3.8, 4) is 11.3 Å². The van der Waals surface area contributed by atoms with E-state index >= 15 is 4.39 Å². The first kappa shape index (κ1) is 23.4. The second-order valence-electron chi connectivity index (χ2n) is 8.24. The van der Waals surface area contributed by atoms with Gasteiger partial charge in [0, 0.05) is 36.1 Å². The number of ether oxygens (including phenoxy) is 1. The molecule has 1 fully saturated rings. The average molecular weight is 466 g/mol. The highest BCUT2D eigenvalue weighted by molar-refractivity contribution is 8.05. The van der Waals surface area contributed by atoms with Crippen LogP contribution in [0.5, 0.6) is 0 Å². The van der Waals surface area contributed by atoms with Gasteiger partial charge in [-0.1, -0.05) is 6.58 Å². The topological polar surface area (TPSA) is 58.5 Å². The predicted octanol–water partition coefficient (Wildman–Crippen LogP) is 5.27. The van der Waals surface area contributed by atoms with Crippen LogP contribution >= 0.6 is 11.8 Å². The second kappa shape index (κ2) is 10.5. The van der Waals surface area contributed by atoms with Gasteiger partial charge in [0.05, 0.1) is 31.0 Å². The van der Waals surface area contributed by atoms with Crippen molar-refractivity contribution in [2.75, 3.05) is 37.8 Å². The van der Waals surface area contributed by atoms with Gasteiger partial charge in [0.15, 0.2) is 0 Å². The number of hydrogen-bond acceptors (Lipinski definition) is 6. The lowest BCUT2D eigenvalue weighted by Gasteiger charge is -2.29. The highest BCUT2D eigenvalue weighted by atomic mass is 32.2. The standard InChI is InChI=1S/C26H28FN3O2S/c1-17(14-31)15-33-19(3)11-20-12-23(24(27)10-18(20)2)26-22-5-4-21(13-25(22)28-16-29-26)30-6-8-32-9-7-30/h4-5,10,12-13,15-16,31H,3,6-9,11,14H2,1-2H3/b17-15+. The Bertz CT molecular complexity index is 1210. The lowest BCUT2D eigenvalue weighted by Crippen LogP contribution is -2.36. The number of fused-ring (bicyclic) bond motifs is 1. The number of morpholine rings is 1. The zero-order valence-electron chi connectivity index (χ0n) is 19.0. The minimum absolute atomic E-state index is 0.0219. The van der Waals surface area contributed by atoms with Crippen molar-refractivity contribution in [1.29, 1.82) is 0 Å². The van der Waals surface area contributed by atoms with E-state index in [1.807, 2.05) is 43.5 Å². The number of benzene rings is 2. The van der Waals surface area contributed by atoms with Gasteiger partial charge in [0.25, 0.3) is 0 Å². The molecular weight excluding hydrogens is 437 g/mol. The van der Waals surface area contributed by atoms with Crippen LogP contribution in [-0.4, -0.2) is 48.0 Å². The summed E-state index contributed by atoms with van der Waals surface area (Å²) in [6, 6.07) is 9.49. The van der Waals surface area contributed by atoms with Crippen molar-refractivity contribution in [2.45, 2.75) is 20.3 Å². The molecule has 0 amide bonds. The summed E-state index contributed by atoms with van der Waals surface area (Å²) in [5, 5.41) is 11.9. The van der Waals surface area contributed by atoms with Crippen LogP contribution in [0.4, 0.5) is 10.1 Å². The SMILES string of the molecule is C=C(Cc1cc(-c2ncnc3cc(N4CCOCC4)ccc23)c(F)cc1C)S/C=C(\C)CO. The number of halogens is 1. The highest BCUT2D eigenvalue weighted by Crippen LogP contribution is 2.33. The minimum atomic E-state index is -0.303. The van der Waals surface area contributed by atoms with Crippen LogP contribution in [0.1, 0.15) is 18.1 Å². The molecule has 1 aliphatic heterocycles. The third kappa shape index (κ3) is 5.43. The molecule has 3 aromatic rings. The Hall–Kier alpha value is -2.74. The molecule has 0 unspecified atom stereocenters. The van der Waals surface area contributed by atoms with Crippen LogP contribution in [0.2, 0.25) is 0 Å². The highest BCUT2D eigenvalue weighted by Gasteiger charge is 2.17. The molecule has 33 heavy (non-hydrogen) atoms. The first-order valence-corrected chi connectivity index (χ1v) is 11.8. The number of aliphatic hydroxyl groups is 1. The Morgan fingerprint density at radius 1 is 1.24 bits per heavy atom. The van der Waals surface area contributed by atoms with Crippen LogP contribution in [0.3, 0.4) is 0 Å². The first-order chi connectivity index (χ1) is 16.0. The van der Waals surface area contributed by atoms with E-state index in [2.05, 4.69) is 21.4 Å². The molecule has 0 spiro atoms. The van der Waals surface area contributed by atoms with Crippen molar-refractivity contribution in [3.63, 3.8) is 0 Å². The molecule has 1 N–H and O–H groups in total. The summed E-state index contributed by atoms with van der Waals surface area (Å²) in [6.07, 6.45) is 2.10. The number of anilines is 1. The molecule has 0 atom stereocenters. The summed E-state index contributed by atoms with van der Waals surface area (Å²) in [5.74, 6) is -0.303. The van der Waals surface area contributed by atoms with E-state index in [1.54, 1.807) is 6.07 Å². The van der Waals surface area contributed by atoms with E-state index in [9.17, 15) is 5.11 Å². The molecule has 1 aliphatic rings. The molecule has 172 valence electrons. The lowest BCUT2D eigenvalue weighted by atomic mass is 9.98. The number of rotatable bonds is 7. The van der Waals surface area contributed by atoms with Crippen molar-refractivity contribution in [1.82, 2.24) is 9.97 Å². The van der Waals surface area contributed by atoms with Crippen molar-refractivity contribution in [2.24, 2.45) is 0 Å². The average Bonchev–Trinajstić information content (AvgIpc) is 2.84. The minimum Gasteiger partial charge on any atom is -0.392 e. The Kier molecular flexibility index (Phi) is 7.42. The first-order valence-electron chi connectivity index (χ1n) is 10.9. The van der Waals surface area contributed by atoms with E-state index < -0.39 is 0 Å². The Morgan fingerprint density at radius 2 is 2.03 bits per heavy atom. The summed E-state index contributed by atoms with van der Waals surface area (Å²) in [7, 11) is 0. The van der Waals surface area contributed by atoms with Gasteiger partial charge < -0.3 is 14.7 Å². The fourth-order valence-corrected chi connectivity index (χ4v) is 4.52. The molecule has 0 saturated carbocycles. The molecule has 7 heteroatoms. The van der Waals surface area contributed by atoms with Gasteiger partial charge in [0.1, 0.15) is 12.1 Å². The van der Waals surface area contributed by atoms with Gasteiger partial charge in [-0.15, -0.1) is 11.8 Å². The normalized spacial score (nSPS) is 14.7. The summed E-state index contributed by atoms with van der Waals surface area (Å²) in [6.45, 7) is 11.0. The fraction of sp³-hybridized carbons (Fsp3) is 0.308. The van der Waals surface area contributed by atoms with Crippen LogP contribution in [0.15, 0.2) is 59.1 Å². The molecule has 1 saturated heterocycles. The monoisotopic (exact) mass is 465 g/mol. The van der Waals surface area contributed by atoms with Crippen molar-refractivity contribution in [3.05, 3.63) is 76.1 Å². The number of aromatic nitrogens is 2. The van der Waals surface area contributed by atoms with E-state index in [1.165, 1.54) is 18.1 Å². The largest absolute Gasteiger partial charge is 0.392 e.